The van der Waals surface area contributed by atoms with Crippen molar-refractivity contribution in [3.05, 3.63) is 89.6 Å². The standard InChI is InChI=1S/C26H29N3/c1-18-11-9-10-14-28(18)24-15-22(26(4,5)6)16-25(19(24)2)29-20(3)27-17-21-12-7-8-13-23(21)29/h7-17H,1-6H3/q+2. The van der Waals surface area contributed by atoms with Crippen molar-refractivity contribution < 1.29 is 9.13 Å². The highest BCUT2D eigenvalue weighted by Crippen LogP contribution is 2.28. The molecule has 3 heteroatoms. The molecule has 0 saturated heterocycles. The predicted octanol–water partition coefficient (Wildman–Crippen LogP) is 5.01. The van der Waals surface area contributed by atoms with Crippen molar-refractivity contribution in [2.45, 2.75) is 47.0 Å². The highest BCUT2D eigenvalue weighted by molar-refractivity contribution is 5.75. The third-order valence-corrected chi connectivity index (χ3v) is 5.67. The predicted molar refractivity (Wildman–Crippen MR) is 118 cm³/mol. The second kappa shape index (κ2) is 7.07. The van der Waals surface area contributed by atoms with Gasteiger partial charge in [-0.2, -0.15) is 9.13 Å². The van der Waals surface area contributed by atoms with Crippen molar-refractivity contribution >= 4 is 10.9 Å². The van der Waals surface area contributed by atoms with Gasteiger partial charge in [-0.05, 0) is 36.1 Å². The normalized spacial score (nSPS) is 11.8. The maximum absolute atomic E-state index is 4.69. The van der Waals surface area contributed by atoms with Gasteiger partial charge in [0.05, 0.1) is 10.9 Å². The topological polar surface area (TPSA) is 20.6 Å². The number of aryl methyl sites for hydroxylation is 2. The number of rotatable bonds is 2. The van der Waals surface area contributed by atoms with Crippen molar-refractivity contribution in [1.82, 2.24) is 4.98 Å². The van der Waals surface area contributed by atoms with Crippen LogP contribution in [-0.2, 0) is 5.41 Å². The zero-order valence-electron chi connectivity index (χ0n) is 18.2. The Balaban J connectivity index is 2.12. The first-order chi connectivity index (χ1) is 13.8. The van der Waals surface area contributed by atoms with Gasteiger partial charge in [0, 0.05) is 32.0 Å². The Morgan fingerprint density at radius 1 is 0.828 bits per heavy atom. The number of hydrogen-bond acceptors (Lipinski definition) is 1. The van der Waals surface area contributed by atoms with E-state index in [1.807, 2.05) is 6.20 Å². The molecule has 0 saturated carbocycles. The summed E-state index contributed by atoms with van der Waals surface area (Å²) >= 11 is 0. The molecule has 0 unspecified atom stereocenters. The molecule has 4 aromatic rings. The molecule has 0 atom stereocenters. The second-order valence-corrected chi connectivity index (χ2v) is 8.80. The molecular formula is C26H29N3+2. The van der Waals surface area contributed by atoms with Crippen LogP contribution in [-0.4, -0.2) is 4.98 Å². The monoisotopic (exact) mass is 383 g/mol. The lowest BCUT2D eigenvalue weighted by Gasteiger charge is -2.21. The van der Waals surface area contributed by atoms with Gasteiger partial charge < -0.3 is 0 Å². The van der Waals surface area contributed by atoms with Crippen LogP contribution in [0.4, 0.5) is 0 Å². The van der Waals surface area contributed by atoms with Crippen molar-refractivity contribution in [2.75, 3.05) is 0 Å². The van der Waals surface area contributed by atoms with E-state index in [2.05, 4.69) is 111 Å². The molecular weight excluding hydrogens is 354 g/mol. The van der Waals surface area contributed by atoms with Crippen molar-refractivity contribution in [3.8, 4) is 11.4 Å². The number of para-hydroxylation sites is 1. The summed E-state index contributed by atoms with van der Waals surface area (Å²) in [6.45, 7) is 13.3. The number of hydrogen-bond donors (Lipinski definition) is 0. The van der Waals surface area contributed by atoms with E-state index in [1.165, 1.54) is 33.7 Å². The van der Waals surface area contributed by atoms with Gasteiger partial charge in [0.2, 0.25) is 5.69 Å². The van der Waals surface area contributed by atoms with E-state index in [9.17, 15) is 0 Å². The van der Waals surface area contributed by atoms with E-state index in [1.54, 1.807) is 0 Å². The Bertz CT molecular complexity index is 1220. The summed E-state index contributed by atoms with van der Waals surface area (Å²) in [6, 6.07) is 19.5. The van der Waals surface area contributed by atoms with Crippen LogP contribution in [0.2, 0.25) is 0 Å². The Kier molecular flexibility index (Phi) is 4.70. The van der Waals surface area contributed by atoms with E-state index in [4.69, 9.17) is 4.98 Å². The van der Waals surface area contributed by atoms with Crippen LogP contribution in [0.3, 0.4) is 0 Å². The molecule has 0 aliphatic rings. The van der Waals surface area contributed by atoms with Crippen LogP contribution < -0.4 is 9.13 Å². The van der Waals surface area contributed by atoms with E-state index >= 15 is 0 Å². The summed E-state index contributed by atoms with van der Waals surface area (Å²) < 4.78 is 4.57. The molecule has 0 fully saturated rings. The smallest absolute Gasteiger partial charge is 0.192 e. The SMILES string of the molecule is Cc1c(-[n+]2ccccc2C)cc(C(C)(C)C)cc1-[n+]1c(C)ncc2ccccc21. The van der Waals surface area contributed by atoms with Gasteiger partial charge >= 0.3 is 5.82 Å². The number of pyridine rings is 1. The molecule has 4 rings (SSSR count). The molecule has 0 bridgehead atoms. The summed E-state index contributed by atoms with van der Waals surface area (Å²) in [5, 5.41) is 1.14. The highest BCUT2D eigenvalue weighted by atomic mass is 15.1. The van der Waals surface area contributed by atoms with Crippen LogP contribution in [0, 0.1) is 20.8 Å². The maximum atomic E-state index is 4.69. The minimum atomic E-state index is 0.0346. The minimum absolute atomic E-state index is 0.0346. The summed E-state index contributed by atoms with van der Waals surface area (Å²) in [5.41, 5.74) is 7.37. The molecule has 29 heavy (non-hydrogen) atoms. The average Bonchev–Trinajstić information content (AvgIpc) is 2.68. The zero-order chi connectivity index (χ0) is 20.8. The van der Waals surface area contributed by atoms with E-state index in [-0.39, 0.29) is 5.41 Å². The maximum Gasteiger partial charge on any atom is 0.300 e. The van der Waals surface area contributed by atoms with Crippen LogP contribution >= 0.6 is 0 Å². The minimum Gasteiger partial charge on any atom is -0.192 e. The highest BCUT2D eigenvalue weighted by Gasteiger charge is 2.27. The summed E-state index contributed by atoms with van der Waals surface area (Å²) in [4.78, 5) is 4.69. The molecule has 2 aromatic carbocycles. The third kappa shape index (κ3) is 3.42. The first kappa shape index (κ1) is 19.3. The van der Waals surface area contributed by atoms with Gasteiger partial charge in [-0.1, -0.05) is 44.0 Å². The molecule has 0 spiro atoms. The fourth-order valence-corrected chi connectivity index (χ4v) is 3.90. The summed E-state index contributed by atoms with van der Waals surface area (Å²) in [5.74, 6) is 0.985. The fraction of sp³-hybridized carbons (Fsp3) is 0.269. The van der Waals surface area contributed by atoms with E-state index in [0.29, 0.717) is 0 Å². The molecule has 0 amide bonds. The largest absolute Gasteiger partial charge is 0.300 e. The first-order valence-electron chi connectivity index (χ1n) is 10.2. The van der Waals surface area contributed by atoms with Gasteiger partial charge in [-0.15, -0.1) is 0 Å². The molecule has 0 aliphatic heterocycles. The van der Waals surface area contributed by atoms with Crippen molar-refractivity contribution in [2.24, 2.45) is 0 Å². The molecule has 3 nitrogen and oxygen atoms in total. The summed E-state index contributed by atoms with van der Waals surface area (Å²) in [7, 11) is 0. The Morgan fingerprint density at radius 3 is 2.24 bits per heavy atom. The lowest BCUT2D eigenvalue weighted by Crippen LogP contribution is -2.41. The van der Waals surface area contributed by atoms with Gasteiger partial charge in [0.25, 0.3) is 0 Å². The van der Waals surface area contributed by atoms with Crippen molar-refractivity contribution in [3.63, 3.8) is 0 Å². The zero-order valence-corrected chi connectivity index (χ0v) is 18.2. The van der Waals surface area contributed by atoms with Gasteiger partial charge in [0.1, 0.15) is 11.2 Å². The Hall–Kier alpha value is -3.07. The molecule has 2 heterocycles. The summed E-state index contributed by atoms with van der Waals surface area (Å²) in [6.07, 6.45) is 4.11. The number of nitrogens with zero attached hydrogens (tertiary/aromatic N) is 3. The lowest BCUT2D eigenvalue weighted by atomic mass is 9.85. The van der Waals surface area contributed by atoms with Crippen LogP contribution in [0.15, 0.2) is 67.0 Å². The Labute approximate surface area is 173 Å². The van der Waals surface area contributed by atoms with Crippen LogP contribution in [0.25, 0.3) is 22.3 Å². The molecule has 2 aromatic heterocycles. The molecule has 0 N–H and O–H groups in total. The van der Waals surface area contributed by atoms with Gasteiger partial charge in [0.15, 0.2) is 18.1 Å². The third-order valence-electron chi connectivity index (χ3n) is 5.67. The molecule has 0 radical (unpaired) electrons. The molecule has 146 valence electrons. The lowest BCUT2D eigenvalue weighted by molar-refractivity contribution is -0.606. The van der Waals surface area contributed by atoms with Crippen LogP contribution in [0.1, 0.15) is 43.4 Å². The van der Waals surface area contributed by atoms with Crippen molar-refractivity contribution in [1.29, 1.82) is 0 Å². The molecule has 0 aliphatic carbocycles. The van der Waals surface area contributed by atoms with Gasteiger partial charge in [-0.25, -0.2) is 0 Å². The van der Waals surface area contributed by atoms with Gasteiger partial charge in [-0.3, -0.25) is 0 Å². The fourth-order valence-electron chi connectivity index (χ4n) is 3.90. The number of benzene rings is 2. The quantitative estimate of drug-likeness (QED) is 0.446. The van der Waals surface area contributed by atoms with E-state index < -0.39 is 0 Å². The van der Waals surface area contributed by atoms with E-state index in [0.717, 1.165) is 11.2 Å². The average molecular weight is 384 g/mol. The number of aromatic nitrogens is 3. The first-order valence-corrected chi connectivity index (χ1v) is 10.2. The number of fused-ring (bicyclic) bond motifs is 1. The Morgan fingerprint density at radius 2 is 1.52 bits per heavy atom. The van der Waals surface area contributed by atoms with Crippen LogP contribution in [0.5, 0.6) is 0 Å². The second-order valence-electron chi connectivity index (χ2n) is 8.80.